The Morgan fingerprint density at radius 3 is 2.54 bits per heavy atom. The van der Waals surface area contributed by atoms with E-state index in [-0.39, 0.29) is 17.0 Å². The van der Waals surface area contributed by atoms with Crippen LogP contribution >= 0.6 is 0 Å². The zero-order valence-electron chi connectivity index (χ0n) is 15.6. The van der Waals surface area contributed by atoms with Crippen LogP contribution in [-0.2, 0) is 29.2 Å². The van der Waals surface area contributed by atoms with Crippen LogP contribution in [0.25, 0.3) is 5.69 Å². The minimum atomic E-state index is -3.48. The van der Waals surface area contributed by atoms with Gasteiger partial charge in [-0.25, -0.2) is 13.1 Å². The average Bonchev–Trinajstić information content (AvgIpc) is 3.29. The molecule has 2 aromatic carbocycles. The molecule has 1 aromatic heterocycles. The lowest BCUT2D eigenvalue weighted by Gasteiger charge is -2.08. The van der Waals surface area contributed by atoms with Gasteiger partial charge in [0, 0.05) is 11.9 Å². The molecular formula is C21H21N3O3S. The standard InChI is InChI=1S/C21H21N3O3S/c1-28(26,27)20-13-6-5-10-17(20)21(25)22-14-18-16-11-7-12-19(16)24(23-18)15-8-3-2-4-9-15/h2-6,8-10,13H,7,11-12,14H2,1H3,(H,22,25). The van der Waals surface area contributed by atoms with Gasteiger partial charge in [-0.3, -0.25) is 4.79 Å². The third-order valence-corrected chi connectivity index (χ3v) is 6.12. The van der Waals surface area contributed by atoms with E-state index in [1.807, 2.05) is 35.0 Å². The molecule has 28 heavy (non-hydrogen) atoms. The molecule has 1 aliphatic carbocycles. The van der Waals surface area contributed by atoms with Crippen LogP contribution in [0.4, 0.5) is 0 Å². The van der Waals surface area contributed by atoms with Crippen molar-refractivity contribution in [2.45, 2.75) is 30.7 Å². The number of hydrogen-bond acceptors (Lipinski definition) is 4. The number of benzene rings is 2. The molecule has 1 aliphatic rings. The number of aromatic nitrogens is 2. The van der Waals surface area contributed by atoms with Gasteiger partial charge in [-0.05, 0) is 49.1 Å². The monoisotopic (exact) mass is 395 g/mol. The topological polar surface area (TPSA) is 81.1 Å². The smallest absolute Gasteiger partial charge is 0.252 e. The summed E-state index contributed by atoms with van der Waals surface area (Å²) >= 11 is 0. The van der Waals surface area contributed by atoms with Crippen molar-refractivity contribution >= 4 is 15.7 Å². The average molecular weight is 395 g/mol. The van der Waals surface area contributed by atoms with Crippen LogP contribution < -0.4 is 5.32 Å². The van der Waals surface area contributed by atoms with Crippen molar-refractivity contribution in [3.8, 4) is 5.69 Å². The Labute approximate surface area is 164 Å². The van der Waals surface area contributed by atoms with Crippen LogP contribution in [0.5, 0.6) is 0 Å². The molecule has 0 fully saturated rings. The molecule has 6 nitrogen and oxygen atoms in total. The molecule has 1 heterocycles. The fourth-order valence-electron chi connectivity index (χ4n) is 3.68. The minimum absolute atomic E-state index is 0.0348. The van der Waals surface area contributed by atoms with Gasteiger partial charge >= 0.3 is 0 Å². The molecule has 0 radical (unpaired) electrons. The lowest BCUT2D eigenvalue weighted by molar-refractivity contribution is 0.0947. The maximum Gasteiger partial charge on any atom is 0.252 e. The lowest BCUT2D eigenvalue weighted by atomic mass is 10.2. The number of carbonyl (C=O) groups is 1. The molecule has 0 saturated carbocycles. The maximum atomic E-state index is 12.7. The lowest BCUT2D eigenvalue weighted by Crippen LogP contribution is -2.25. The first-order valence-corrected chi connectivity index (χ1v) is 11.1. The summed E-state index contributed by atoms with van der Waals surface area (Å²) in [5.41, 5.74) is 4.36. The SMILES string of the molecule is CS(=O)(=O)c1ccccc1C(=O)NCc1nn(-c2ccccc2)c2c1CCC2. The Morgan fingerprint density at radius 2 is 1.79 bits per heavy atom. The quantitative estimate of drug-likeness (QED) is 0.720. The Balaban J connectivity index is 1.60. The summed E-state index contributed by atoms with van der Waals surface area (Å²) in [7, 11) is -3.48. The second-order valence-electron chi connectivity index (χ2n) is 6.92. The Kier molecular flexibility index (Phi) is 4.77. The number of nitrogens with zero attached hydrogens (tertiary/aromatic N) is 2. The third-order valence-electron chi connectivity index (χ3n) is 4.96. The number of amides is 1. The first-order valence-electron chi connectivity index (χ1n) is 9.17. The van der Waals surface area contributed by atoms with Gasteiger partial charge in [-0.2, -0.15) is 5.10 Å². The molecular weight excluding hydrogens is 374 g/mol. The third kappa shape index (κ3) is 3.45. The highest BCUT2D eigenvalue weighted by atomic mass is 32.2. The molecule has 1 N–H and O–H groups in total. The fourth-order valence-corrected chi connectivity index (χ4v) is 4.56. The Hall–Kier alpha value is -2.93. The minimum Gasteiger partial charge on any atom is -0.346 e. The van der Waals surface area contributed by atoms with Crippen LogP contribution in [0.2, 0.25) is 0 Å². The van der Waals surface area contributed by atoms with Crippen LogP contribution in [0.3, 0.4) is 0 Å². The molecule has 0 aliphatic heterocycles. The number of fused-ring (bicyclic) bond motifs is 1. The van der Waals surface area contributed by atoms with Crippen LogP contribution in [0.1, 0.15) is 33.7 Å². The van der Waals surface area contributed by atoms with Crippen molar-refractivity contribution in [2.75, 3.05) is 6.26 Å². The summed E-state index contributed by atoms with van der Waals surface area (Å²) in [6.45, 7) is 0.263. The van der Waals surface area contributed by atoms with Crippen molar-refractivity contribution in [3.63, 3.8) is 0 Å². The zero-order valence-corrected chi connectivity index (χ0v) is 16.4. The van der Waals surface area contributed by atoms with Gasteiger partial charge in [-0.1, -0.05) is 30.3 Å². The molecule has 144 valence electrons. The molecule has 0 saturated heterocycles. The van der Waals surface area contributed by atoms with Crippen molar-refractivity contribution in [1.82, 2.24) is 15.1 Å². The van der Waals surface area contributed by atoms with Crippen LogP contribution in [0.15, 0.2) is 59.5 Å². The number of nitrogens with one attached hydrogen (secondary N) is 1. The summed E-state index contributed by atoms with van der Waals surface area (Å²) in [6, 6.07) is 16.2. The fraction of sp³-hybridized carbons (Fsp3) is 0.238. The molecule has 0 spiro atoms. The zero-order chi connectivity index (χ0) is 19.7. The molecule has 1 amide bonds. The predicted molar refractivity (Wildman–Crippen MR) is 106 cm³/mol. The number of sulfone groups is 1. The summed E-state index contributed by atoms with van der Waals surface area (Å²) in [4.78, 5) is 12.7. The highest BCUT2D eigenvalue weighted by molar-refractivity contribution is 7.90. The van der Waals surface area contributed by atoms with Gasteiger partial charge in [0.2, 0.25) is 0 Å². The van der Waals surface area contributed by atoms with E-state index >= 15 is 0 Å². The predicted octanol–water partition coefficient (Wildman–Crippen LogP) is 2.69. The summed E-state index contributed by atoms with van der Waals surface area (Å²) < 4.78 is 25.9. The van der Waals surface area contributed by atoms with E-state index in [0.717, 1.165) is 36.9 Å². The first-order chi connectivity index (χ1) is 13.4. The maximum absolute atomic E-state index is 12.7. The number of para-hydroxylation sites is 1. The summed E-state index contributed by atoms with van der Waals surface area (Å²) in [5.74, 6) is -0.415. The highest BCUT2D eigenvalue weighted by Crippen LogP contribution is 2.27. The molecule has 4 rings (SSSR count). The molecule has 3 aromatic rings. The van der Waals surface area contributed by atoms with Gasteiger partial charge in [0.05, 0.1) is 28.4 Å². The van der Waals surface area contributed by atoms with Crippen molar-refractivity contribution < 1.29 is 13.2 Å². The van der Waals surface area contributed by atoms with E-state index in [1.54, 1.807) is 12.1 Å². The summed E-state index contributed by atoms with van der Waals surface area (Å²) in [5, 5.41) is 7.57. The first kappa shape index (κ1) is 18.4. The second kappa shape index (κ2) is 7.24. The summed E-state index contributed by atoms with van der Waals surface area (Å²) in [6.07, 6.45) is 4.07. The van der Waals surface area contributed by atoms with E-state index < -0.39 is 15.7 Å². The number of rotatable bonds is 5. The number of carbonyl (C=O) groups excluding carboxylic acids is 1. The van der Waals surface area contributed by atoms with Crippen molar-refractivity contribution in [2.24, 2.45) is 0 Å². The van der Waals surface area contributed by atoms with Gasteiger partial charge in [-0.15, -0.1) is 0 Å². The van der Waals surface area contributed by atoms with Gasteiger partial charge in [0.1, 0.15) is 0 Å². The molecule has 7 heteroatoms. The Bertz CT molecular complexity index is 1130. The van der Waals surface area contributed by atoms with Gasteiger partial charge in [0.25, 0.3) is 5.91 Å². The van der Waals surface area contributed by atoms with Gasteiger partial charge in [0.15, 0.2) is 9.84 Å². The van der Waals surface area contributed by atoms with E-state index in [4.69, 9.17) is 5.10 Å². The number of hydrogen-bond donors (Lipinski definition) is 1. The van der Waals surface area contributed by atoms with Crippen molar-refractivity contribution in [3.05, 3.63) is 77.1 Å². The van der Waals surface area contributed by atoms with Crippen LogP contribution in [0, 0.1) is 0 Å². The highest BCUT2D eigenvalue weighted by Gasteiger charge is 2.24. The second-order valence-corrected chi connectivity index (χ2v) is 8.91. The largest absolute Gasteiger partial charge is 0.346 e. The molecule has 0 unspecified atom stereocenters. The van der Waals surface area contributed by atoms with E-state index in [1.165, 1.54) is 23.4 Å². The molecule has 0 atom stereocenters. The normalized spacial score (nSPS) is 13.3. The van der Waals surface area contributed by atoms with Crippen LogP contribution in [-0.4, -0.2) is 30.4 Å². The van der Waals surface area contributed by atoms with Crippen molar-refractivity contribution in [1.29, 1.82) is 0 Å². The van der Waals surface area contributed by atoms with E-state index in [2.05, 4.69) is 5.32 Å². The van der Waals surface area contributed by atoms with E-state index in [9.17, 15) is 13.2 Å². The Morgan fingerprint density at radius 1 is 1.07 bits per heavy atom. The molecule has 0 bridgehead atoms. The van der Waals surface area contributed by atoms with E-state index in [0.29, 0.717) is 0 Å². The van der Waals surface area contributed by atoms with Gasteiger partial charge < -0.3 is 5.32 Å².